The lowest BCUT2D eigenvalue weighted by molar-refractivity contribution is -0.367. The summed E-state index contributed by atoms with van der Waals surface area (Å²) in [7, 11) is 0. The molecule has 0 radical (unpaired) electrons. The minimum atomic E-state index is -0.972. The van der Waals surface area contributed by atoms with Crippen LogP contribution in [0.5, 0.6) is 0 Å². The normalized spacial score (nSPS) is 33.8. The van der Waals surface area contributed by atoms with E-state index in [2.05, 4.69) is 68.4 Å². The molecule has 0 aliphatic carbocycles. The van der Waals surface area contributed by atoms with Gasteiger partial charge in [0, 0.05) is 31.2 Å². The van der Waals surface area contributed by atoms with E-state index >= 15 is 0 Å². The van der Waals surface area contributed by atoms with E-state index in [1.807, 2.05) is 92.7 Å². The van der Waals surface area contributed by atoms with Gasteiger partial charge in [-0.2, -0.15) is 0 Å². The third-order valence-corrected chi connectivity index (χ3v) is 13.3. The Labute approximate surface area is 359 Å². The molecule has 0 spiro atoms. The second-order valence-corrected chi connectivity index (χ2v) is 18.3. The van der Waals surface area contributed by atoms with Gasteiger partial charge in [-0.05, 0) is 61.2 Å². The van der Waals surface area contributed by atoms with Crippen molar-refractivity contribution in [3.8, 4) is 0 Å². The molecule has 0 amide bonds. The first-order valence-corrected chi connectivity index (χ1v) is 21.8. The number of hydrogen-bond acceptors (Lipinski definition) is 9. The Balaban J connectivity index is 0.983. The SMILES string of the molecule is CC1(COCc2ccccc2)OC(C)(CC2OC3CC4OC(c5ccccc5)OC[C@@]4(C)O[C@@]3(C)CC2=O)C(OCc2ccc3ccccc3c2)CC1OCc1ccccc1. The first-order valence-electron chi connectivity index (χ1n) is 21.8. The fraction of sp³-hybridized carbons (Fsp3) is 0.442. The summed E-state index contributed by atoms with van der Waals surface area (Å²) in [5.74, 6) is -0.0248. The third kappa shape index (κ3) is 9.13. The smallest absolute Gasteiger partial charge is 0.184 e. The summed E-state index contributed by atoms with van der Waals surface area (Å²) in [4.78, 5) is 14.4. The molecular weight excluding hydrogens is 769 g/mol. The highest BCUT2D eigenvalue weighted by Gasteiger charge is 2.61. The maximum atomic E-state index is 14.4. The van der Waals surface area contributed by atoms with Crippen LogP contribution in [0.25, 0.3) is 10.8 Å². The highest BCUT2D eigenvalue weighted by atomic mass is 16.7. The van der Waals surface area contributed by atoms with Crippen molar-refractivity contribution in [1.29, 1.82) is 0 Å². The predicted molar refractivity (Wildman–Crippen MR) is 232 cm³/mol. The molecule has 9 nitrogen and oxygen atoms in total. The van der Waals surface area contributed by atoms with Gasteiger partial charge in [0.15, 0.2) is 12.1 Å². The molecule has 4 saturated heterocycles. The minimum absolute atomic E-state index is 0.0248. The molecule has 61 heavy (non-hydrogen) atoms. The number of fused-ring (bicyclic) bond motifs is 3. The van der Waals surface area contributed by atoms with E-state index in [0.717, 1.165) is 27.6 Å². The molecule has 0 bridgehead atoms. The van der Waals surface area contributed by atoms with Crippen molar-refractivity contribution in [3.63, 3.8) is 0 Å². The van der Waals surface area contributed by atoms with Crippen molar-refractivity contribution in [2.45, 2.75) is 132 Å². The van der Waals surface area contributed by atoms with Gasteiger partial charge < -0.3 is 37.9 Å². The number of Topliss-reactive ketones (excluding diaryl/α,β-unsaturated/α-hetero) is 1. The predicted octanol–water partition coefficient (Wildman–Crippen LogP) is 9.63. The molecule has 0 saturated carbocycles. The number of carbonyl (C=O) groups excluding carboxylic acids is 1. The zero-order chi connectivity index (χ0) is 42.1. The average molecular weight is 827 g/mol. The summed E-state index contributed by atoms with van der Waals surface area (Å²) in [5.41, 5.74) is 0.693. The van der Waals surface area contributed by atoms with Gasteiger partial charge in [0.2, 0.25) is 0 Å². The Morgan fingerprint density at radius 3 is 1.92 bits per heavy atom. The molecule has 4 heterocycles. The Hall–Kier alpha value is -4.29. The summed E-state index contributed by atoms with van der Waals surface area (Å²) < 4.78 is 54.1. The molecule has 0 N–H and O–H groups in total. The number of carbonyl (C=O) groups is 1. The number of ether oxygens (including phenoxy) is 8. The molecule has 5 aromatic carbocycles. The monoisotopic (exact) mass is 826 g/mol. The number of rotatable bonds is 13. The van der Waals surface area contributed by atoms with Gasteiger partial charge in [0.25, 0.3) is 0 Å². The second-order valence-electron chi connectivity index (χ2n) is 18.3. The first kappa shape index (κ1) is 42.0. The summed E-state index contributed by atoms with van der Waals surface area (Å²) in [6.07, 6.45) is -1.26. The van der Waals surface area contributed by atoms with Crippen LogP contribution >= 0.6 is 0 Å². The largest absolute Gasteiger partial charge is 0.374 e. The second kappa shape index (κ2) is 17.5. The van der Waals surface area contributed by atoms with E-state index in [4.69, 9.17) is 37.9 Å². The highest BCUT2D eigenvalue weighted by molar-refractivity contribution is 5.85. The Kier molecular flexibility index (Phi) is 12.0. The fourth-order valence-electron chi connectivity index (χ4n) is 9.89. The molecule has 8 unspecified atom stereocenters. The van der Waals surface area contributed by atoms with Crippen LogP contribution in [0.3, 0.4) is 0 Å². The van der Waals surface area contributed by atoms with Gasteiger partial charge >= 0.3 is 0 Å². The Bertz CT molecular complexity index is 2260. The van der Waals surface area contributed by atoms with Gasteiger partial charge in [-0.3, -0.25) is 4.79 Å². The molecule has 10 atom stereocenters. The van der Waals surface area contributed by atoms with Crippen LogP contribution in [0.4, 0.5) is 0 Å². The van der Waals surface area contributed by atoms with Crippen molar-refractivity contribution in [3.05, 3.63) is 156 Å². The van der Waals surface area contributed by atoms with Crippen LogP contribution < -0.4 is 0 Å². The van der Waals surface area contributed by atoms with Gasteiger partial charge in [0.05, 0.1) is 68.7 Å². The molecule has 4 aliphatic heterocycles. The first-order chi connectivity index (χ1) is 29.5. The lowest BCUT2D eigenvalue weighted by Gasteiger charge is -2.58. The topological polar surface area (TPSA) is 90.9 Å². The molecule has 320 valence electrons. The quantitative estimate of drug-likeness (QED) is 0.115. The van der Waals surface area contributed by atoms with Crippen molar-refractivity contribution in [2.75, 3.05) is 13.2 Å². The summed E-state index contributed by atoms with van der Waals surface area (Å²) >= 11 is 0. The van der Waals surface area contributed by atoms with Gasteiger partial charge in [-0.1, -0.05) is 127 Å². The number of hydrogen-bond donors (Lipinski definition) is 0. The molecule has 4 fully saturated rings. The molecule has 4 aliphatic rings. The van der Waals surface area contributed by atoms with E-state index in [1.165, 1.54) is 5.39 Å². The van der Waals surface area contributed by atoms with Crippen LogP contribution in [0, 0.1) is 0 Å². The van der Waals surface area contributed by atoms with Crippen LogP contribution in [-0.2, 0) is 62.5 Å². The van der Waals surface area contributed by atoms with E-state index in [9.17, 15) is 4.79 Å². The summed E-state index contributed by atoms with van der Waals surface area (Å²) in [6, 6.07) is 45.0. The maximum absolute atomic E-state index is 14.4. The summed E-state index contributed by atoms with van der Waals surface area (Å²) in [5, 5.41) is 2.32. The molecular formula is C52H58O9. The van der Waals surface area contributed by atoms with Crippen LogP contribution in [0.2, 0.25) is 0 Å². The fourth-order valence-corrected chi connectivity index (χ4v) is 9.89. The zero-order valence-corrected chi connectivity index (χ0v) is 35.7. The Morgan fingerprint density at radius 1 is 0.590 bits per heavy atom. The van der Waals surface area contributed by atoms with Gasteiger partial charge in [-0.25, -0.2) is 0 Å². The van der Waals surface area contributed by atoms with E-state index in [0.29, 0.717) is 39.3 Å². The van der Waals surface area contributed by atoms with Gasteiger partial charge in [-0.15, -0.1) is 0 Å². The molecule has 9 heteroatoms. The lowest BCUT2D eigenvalue weighted by atomic mass is 9.74. The van der Waals surface area contributed by atoms with Gasteiger partial charge in [0.1, 0.15) is 17.3 Å². The van der Waals surface area contributed by atoms with E-state index in [1.54, 1.807) is 0 Å². The van der Waals surface area contributed by atoms with Crippen LogP contribution in [0.15, 0.2) is 133 Å². The molecule has 9 rings (SSSR count). The van der Waals surface area contributed by atoms with Crippen molar-refractivity contribution in [2.24, 2.45) is 0 Å². The Morgan fingerprint density at radius 2 is 1.20 bits per heavy atom. The van der Waals surface area contributed by atoms with Crippen molar-refractivity contribution in [1.82, 2.24) is 0 Å². The van der Waals surface area contributed by atoms with Crippen LogP contribution in [-0.4, -0.2) is 71.9 Å². The average Bonchev–Trinajstić information content (AvgIpc) is 3.26. The number of ketones is 1. The zero-order valence-electron chi connectivity index (χ0n) is 35.7. The molecule has 0 aromatic heterocycles. The third-order valence-electron chi connectivity index (χ3n) is 13.3. The number of benzene rings is 5. The van der Waals surface area contributed by atoms with Crippen molar-refractivity contribution < 1.29 is 42.7 Å². The highest BCUT2D eigenvalue weighted by Crippen LogP contribution is 2.50. The molecule has 5 aromatic rings. The minimum Gasteiger partial charge on any atom is -0.374 e. The standard InChI is InChI=1S/C52H58O9/c1-49-29-42(53)43(58-46(49)28-47-52(4,60-49)35-57-48(59-47)40-21-12-7-13-22-40)30-50(2)44(56-33-38-24-25-39-20-14-15-23-41(39)26-38)27-45(55-32-37-18-10-6-11-19-37)51(3,61-50)34-54-31-36-16-8-5-9-17-36/h5-26,43-48H,27-35H2,1-4H3/t43?,44?,45?,46?,47?,48?,49-,50?,51?,52+/m0/s1. The summed E-state index contributed by atoms with van der Waals surface area (Å²) in [6.45, 7) is 9.93. The maximum Gasteiger partial charge on any atom is 0.184 e. The van der Waals surface area contributed by atoms with E-state index < -0.39 is 53.1 Å². The lowest BCUT2D eigenvalue weighted by Crippen LogP contribution is -2.69. The van der Waals surface area contributed by atoms with E-state index in [-0.39, 0.29) is 31.3 Å². The van der Waals surface area contributed by atoms with Crippen molar-refractivity contribution >= 4 is 16.6 Å². The van der Waals surface area contributed by atoms with Crippen LogP contribution in [0.1, 0.15) is 81.9 Å².